The molecular formula is C23H31BrOSi. The van der Waals surface area contributed by atoms with Crippen LogP contribution in [0.1, 0.15) is 47.0 Å². The Morgan fingerprint density at radius 1 is 0.962 bits per heavy atom. The van der Waals surface area contributed by atoms with Crippen molar-refractivity contribution in [3.63, 3.8) is 0 Å². The normalized spacial score (nSPS) is 13.9. The molecule has 1 atom stereocenters. The summed E-state index contributed by atoms with van der Waals surface area (Å²) in [6, 6.07) is 21.8. The molecule has 0 bridgehead atoms. The van der Waals surface area contributed by atoms with Gasteiger partial charge in [0.15, 0.2) is 0 Å². The summed E-state index contributed by atoms with van der Waals surface area (Å²) in [6.07, 6.45) is 5.68. The van der Waals surface area contributed by atoms with E-state index < -0.39 is 8.32 Å². The van der Waals surface area contributed by atoms with Gasteiger partial charge < -0.3 is 4.43 Å². The zero-order valence-corrected chi connectivity index (χ0v) is 19.0. The first-order chi connectivity index (χ1) is 12.4. The van der Waals surface area contributed by atoms with Crippen LogP contribution in [-0.2, 0) is 4.43 Å². The van der Waals surface area contributed by atoms with Gasteiger partial charge in [0.2, 0.25) is 0 Å². The second-order valence-corrected chi connectivity index (χ2v) is 12.7. The molecule has 0 N–H and O–H groups in total. The largest absolute Gasteiger partial charge is 0.405 e. The number of hydrogen-bond donors (Lipinski definition) is 0. The predicted octanol–water partition coefficient (Wildman–Crippen LogP) is 6.03. The van der Waals surface area contributed by atoms with Gasteiger partial charge in [-0.25, -0.2) is 0 Å². The van der Waals surface area contributed by atoms with E-state index in [-0.39, 0.29) is 11.1 Å². The minimum absolute atomic E-state index is 0.0414. The molecule has 1 nitrogen and oxygen atoms in total. The topological polar surface area (TPSA) is 9.23 Å². The van der Waals surface area contributed by atoms with E-state index in [1.54, 1.807) is 0 Å². The lowest BCUT2D eigenvalue weighted by Gasteiger charge is -2.44. The fraction of sp³-hybridized carbons (Fsp3) is 0.391. The Morgan fingerprint density at radius 2 is 1.46 bits per heavy atom. The van der Waals surface area contributed by atoms with Gasteiger partial charge in [-0.15, -0.1) is 0 Å². The lowest BCUT2D eigenvalue weighted by molar-refractivity contribution is 0.194. The van der Waals surface area contributed by atoms with Gasteiger partial charge in [-0.3, -0.25) is 0 Å². The fourth-order valence-corrected chi connectivity index (χ4v) is 8.64. The molecule has 0 heterocycles. The summed E-state index contributed by atoms with van der Waals surface area (Å²) < 4.78 is 7.06. The van der Waals surface area contributed by atoms with Crippen molar-refractivity contribution in [3.05, 3.63) is 71.7 Å². The average molecular weight is 431 g/mol. The van der Waals surface area contributed by atoms with E-state index in [2.05, 4.69) is 110 Å². The molecule has 0 saturated heterocycles. The van der Waals surface area contributed by atoms with Crippen LogP contribution in [0.3, 0.4) is 0 Å². The van der Waals surface area contributed by atoms with E-state index in [1.165, 1.54) is 10.4 Å². The Labute approximate surface area is 168 Å². The van der Waals surface area contributed by atoms with Crippen LogP contribution in [0, 0.1) is 0 Å². The maximum atomic E-state index is 7.06. The molecule has 0 amide bonds. The zero-order valence-electron chi connectivity index (χ0n) is 16.4. The number of benzene rings is 2. The number of rotatable bonds is 8. The molecule has 0 aliphatic heterocycles. The summed E-state index contributed by atoms with van der Waals surface area (Å²) in [5.41, 5.74) is 0. The first kappa shape index (κ1) is 21.1. The number of halogens is 1. The zero-order chi connectivity index (χ0) is 19.0. The molecule has 0 saturated carbocycles. The highest BCUT2D eigenvalue weighted by Crippen LogP contribution is 2.37. The van der Waals surface area contributed by atoms with Gasteiger partial charge in [-0.1, -0.05) is 103 Å². The summed E-state index contributed by atoms with van der Waals surface area (Å²) in [4.78, 5) is 1.95. The average Bonchev–Trinajstić information content (AvgIpc) is 2.64. The molecule has 26 heavy (non-hydrogen) atoms. The molecule has 0 unspecified atom stereocenters. The van der Waals surface area contributed by atoms with Gasteiger partial charge in [-0.2, -0.15) is 0 Å². The van der Waals surface area contributed by atoms with Gasteiger partial charge in [0.05, 0.1) is 0 Å². The van der Waals surface area contributed by atoms with E-state index in [4.69, 9.17) is 4.43 Å². The van der Waals surface area contributed by atoms with Crippen LogP contribution in [-0.4, -0.2) is 14.4 Å². The Hall–Kier alpha value is -1.16. The Balaban J connectivity index is 2.44. The van der Waals surface area contributed by atoms with Crippen molar-refractivity contribution in [1.82, 2.24) is 0 Å². The molecule has 0 aromatic heterocycles. The van der Waals surface area contributed by atoms with Crippen molar-refractivity contribution in [1.29, 1.82) is 0 Å². The van der Waals surface area contributed by atoms with E-state index in [0.29, 0.717) is 0 Å². The van der Waals surface area contributed by atoms with Crippen molar-refractivity contribution in [2.75, 3.05) is 0 Å². The molecule has 0 radical (unpaired) electrons. The van der Waals surface area contributed by atoms with Crippen LogP contribution in [0.5, 0.6) is 0 Å². The van der Waals surface area contributed by atoms with E-state index in [0.717, 1.165) is 19.3 Å². The Morgan fingerprint density at radius 3 is 1.88 bits per heavy atom. The standard InChI is InChI=1S/C23H31BrOSi/c1-20(14-8-7-13-19-24)25-26(23(2,3)4,21-15-9-5-10-16-21)22-17-11-6-12-18-22/h5-6,9-13,15-20H,7-8,14H2,1-4H3/b19-13+/t20-/m1/s1. The summed E-state index contributed by atoms with van der Waals surface area (Å²) >= 11 is 3.35. The second kappa shape index (κ2) is 9.68. The molecule has 2 aromatic rings. The quantitative estimate of drug-likeness (QED) is 0.366. The van der Waals surface area contributed by atoms with Crippen molar-refractivity contribution in [2.24, 2.45) is 0 Å². The number of hydrogen-bond acceptors (Lipinski definition) is 1. The van der Waals surface area contributed by atoms with Crippen molar-refractivity contribution >= 4 is 34.6 Å². The third-order valence-electron chi connectivity index (χ3n) is 4.87. The van der Waals surface area contributed by atoms with Crippen molar-refractivity contribution in [3.8, 4) is 0 Å². The van der Waals surface area contributed by atoms with Gasteiger partial charge in [0.1, 0.15) is 0 Å². The van der Waals surface area contributed by atoms with Gasteiger partial charge in [0, 0.05) is 6.10 Å². The van der Waals surface area contributed by atoms with Gasteiger partial charge in [-0.05, 0) is 46.6 Å². The predicted molar refractivity (Wildman–Crippen MR) is 120 cm³/mol. The van der Waals surface area contributed by atoms with Crippen LogP contribution in [0.2, 0.25) is 5.04 Å². The van der Waals surface area contributed by atoms with Crippen molar-refractivity contribution < 1.29 is 4.43 Å². The fourth-order valence-electron chi connectivity index (χ4n) is 3.64. The molecule has 0 aliphatic carbocycles. The minimum Gasteiger partial charge on any atom is -0.405 e. The molecule has 2 aromatic carbocycles. The van der Waals surface area contributed by atoms with Gasteiger partial charge >= 0.3 is 0 Å². The first-order valence-corrected chi connectivity index (χ1v) is 12.3. The van der Waals surface area contributed by atoms with Crippen LogP contribution in [0.15, 0.2) is 71.7 Å². The van der Waals surface area contributed by atoms with E-state index in [9.17, 15) is 0 Å². The second-order valence-electron chi connectivity index (χ2n) is 7.88. The molecule has 0 fully saturated rings. The lowest BCUT2D eigenvalue weighted by Crippen LogP contribution is -2.67. The maximum absolute atomic E-state index is 7.06. The highest BCUT2D eigenvalue weighted by atomic mass is 79.9. The number of allylic oxidation sites excluding steroid dienone is 1. The molecular weight excluding hydrogens is 400 g/mol. The molecule has 0 aliphatic rings. The summed E-state index contributed by atoms with van der Waals surface area (Å²) in [5.74, 6) is 0. The number of unbranched alkanes of at least 4 members (excludes halogenated alkanes) is 1. The highest BCUT2D eigenvalue weighted by molar-refractivity contribution is 9.11. The van der Waals surface area contributed by atoms with Crippen LogP contribution in [0.4, 0.5) is 0 Å². The third-order valence-corrected chi connectivity index (χ3v) is 10.4. The SMILES string of the molecule is C[C@H](CCC/C=C/Br)O[Si](c1ccccc1)(c1ccccc1)C(C)(C)C. The van der Waals surface area contributed by atoms with Crippen LogP contribution in [0.25, 0.3) is 0 Å². The van der Waals surface area contributed by atoms with E-state index >= 15 is 0 Å². The van der Waals surface area contributed by atoms with Crippen molar-refractivity contribution in [2.45, 2.75) is 58.1 Å². The molecule has 3 heteroatoms. The minimum atomic E-state index is -2.41. The highest BCUT2D eigenvalue weighted by Gasteiger charge is 2.50. The monoisotopic (exact) mass is 430 g/mol. The van der Waals surface area contributed by atoms with Gasteiger partial charge in [0.25, 0.3) is 8.32 Å². The molecule has 140 valence electrons. The molecule has 0 spiro atoms. The van der Waals surface area contributed by atoms with Crippen LogP contribution >= 0.6 is 15.9 Å². The summed E-state index contributed by atoms with van der Waals surface area (Å²) in [5, 5.41) is 2.75. The first-order valence-electron chi connectivity index (χ1n) is 9.46. The van der Waals surface area contributed by atoms with Crippen LogP contribution < -0.4 is 10.4 Å². The summed E-state index contributed by atoms with van der Waals surface area (Å²) in [7, 11) is -2.41. The maximum Gasteiger partial charge on any atom is 0.261 e. The lowest BCUT2D eigenvalue weighted by atomic mass is 10.2. The Kier molecular flexibility index (Phi) is 7.87. The molecule has 2 rings (SSSR count). The van der Waals surface area contributed by atoms with E-state index in [1.807, 2.05) is 4.99 Å². The summed E-state index contributed by atoms with van der Waals surface area (Å²) in [6.45, 7) is 9.23. The Bertz CT molecular complexity index is 637. The smallest absolute Gasteiger partial charge is 0.261 e. The third kappa shape index (κ3) is 4.96.